The number of carbonyl (C=O) groups is 2. The molecule has 1 amide bonds. The predicted octanol–water partition coefficient (Wildman–Crippen LogP) is 1.32. The zero-order chi connectivity index (χ0) is 14.7. The van der Waals surface area contributed by atoms with E-state index in [2.05, 4.69) is 0 Å². The Labute approximate surface area is 115 Å². The molecular weight excluding hydrogens is 265 g/mol. The van der Waals surface area contributed by atoms with Crippen LogP contribution < -0.4 is 0 Å². The number of hydrogen-bond donors (Lipinski definition) is 2. The molecule has 1 saturated heterocycles. The van der Waals surface area contributed by atoms with Crippen molar-refractivity contribution in [1.82, 2.24) is 4.90 Å². The van der Waals surface area contributed by atoms with E-state index in [0.717, 1.165) is 0 Å². The maximum atomic E-state index is 12.9. The number of likely N-dealkylation sites (tertiary alicyclic amines) is 1. The van der Waals surface area contributed by atoms with Gasteiger partial charge in [0.25, 0.3) is 0 Å². The van der Waals surface area contributed by atoms with E-state index in [1.165, 1.54) is 29.2 Å². The molecule has 1 unspecified atom stereocenters. The van der Waals surface area contributed by atoms with Gasteiger partial charge in [0.15, 0.2) is 0 Å². The molecule has 0 radical (unpaired) electrons. The first-order valence-electron chi connectivity index (χ1n) is 6.45. The highest BCUT2D eigenvalue weighted by Gasteiger charge is 2.38. The lowest BCUT2D eigenvalue weighted by atomic mass is 9.96. The molecule has 0 bridgehead atoms. The summed E-state index contributed by atoms with van der Waals surface area (Å²) in [6.45, 7) is -0.402. The third-order valence-electron chi connectivity index (χ3n) is 3.54. The molecule has 5 nitrogen and oxygen atoms in total. The zero-order valence-electron chi connectivity index (χ0n) is 10.8. The van der Waals surface area contributed by atoms with E-state index >= 15 is 0 Å². The lowest BCUT2D eigenvalue weighted by molar-refractivity contribution is -0.156. The molecule has 0 spiro atoms. The number of piperidine rings is 1. The predicted molar refractivity (Wildman–Crippen MR) is 68.3 cm³/mol. The number of aliphatic hydroxyl groups excluding tert-OH is 1. The summed E-state index contributed by atoms with van der Waals surface area (Å²) in [4.78, 5) is 24.5. The molecule has 20 heavy (non-hydrogen) atoms. The van der Waals surface area contributed by atoms with Gasteiger partial charge in [-0.05, 0) is 30.5 Å². The molecule has 0 aliphatic carbocycles. The van der Waals surface area contributed by atoms with Crippen LogP contribution in [-0.2, 0) is 9.59 Å². The summed E-state index contributed by atoms with van der Waals surface area (Å²) in [6.07, 6.45) is 1.15. The minimum absolute atomic E-state index is 0.265. The zero-order valence-corrected chi connectivity index (χ0v) is 10.8. The molecule has 1 fully saturated rings. The fraction of sp³-hybridized carbons (Fsp3) is 0.429. The number of halogens is 1. The van der Waals surface area contributed by atoms with Crippen LogP contribution in [0.1, 0.15) is 30.9 Å². The van der Waals surface area contributed by atoms with Crippen LogP contribution in [0.3, 0.4) is 0 Å². The fourth-order valence-electron chi connectivity index (χ4n) is 2.56. The Balaban J connectivity index is 2.34. The van der Waals surface area contributed by atoms with Gasteiger partial charge >= 0.3 is 5.97 Å². The summed E-state index contributed by atoms with van der Waals surface area (Å²) < 4.78 is 12.9. The van der Waals surface area contributed by atoms with E-state index < -0.39 is 30.5 Å². The molecule has 2 rings (SSSR count). The molecule has 1 heterocycles. The SMILES string of the molecule is O=C(O)C1CCCC(=O)N1[C@@H](CO)c1ccc(F)cc1. The van der Waals surface area contributed by atoms with E-state index in [0.29, 0.717) is 18.4 Å². The summed E-state index contributed by atoms with van der Waals surface area (Å²) in [7, 11) is 0. The lowest BCUT2D eigenvalue weighted by Crippen LogP contribution is -2.50. The summed E-state index contributed by atoms with van der Waals surface area (Å²) in [5.74, 6) is -1.81. The topological polar surface area (TPSA) is 77.8 Å². The van der Waals surface area contributed by atoms with Crippen molar-refractivity contribution in [2.24, 2.45) is 0 Å². The van der Waals surface area contributed by atoms with Gasteiger partial charge in [-0.25, -0.2) is 9.18 Å². The number of aliphatic hydroxyl groups is 1. The van der Waals surface area contributed by atoms with Gasteiger partial charge in [-0.2, -0.15) is 0 Å². The Kier molecular flexibility index (Phi) is 4.34. The molecule has 2 N–H and O–H groups in total. The van der Waals surface area contributed by atoms with Crippen LogP contribution in [0, 0.1) is 5.82 Å². The number of amides is 1. The Morgan fingerprint density at radius 1 is 1.40 bits per heavy atom. The fourth-order valence-corrected chi connectivity index (χ4v) is 2.56. The third kappa shape index (κ3) is 2.80. The number of rotatable bonds is 4. The monoisotopic (exact) mass is 281 g/mol. The van der Waals surface area contributed by atoms with Crippen LogP contribution in [0.5, 0.6) is 0 Å². The van der Waals surface area contributed by atoms with Crippen molar-refractivity contribution in [1.29, 1.82) is 0 Å². The number of carboxylic acid groups (broad SMARTS) is 1. The minimum atomic E-state index is -1.08. The van der Waals surface area contributed by atoms with Crippen molar-refractivity contribution < 1.29 is 24.2 Å². The second kappa shape index (κ2) is 6.00. The van der Waals surface area contributed by atoms with Crippen LogP contribution in [-0.4, -0.2) is 39.6 Å². The smallest absolute Gasteiger partial charge is 0.326 e. The van der Waals surface area contributed by atoms with Gasteiger partial charge in [0.2, 0.25) is 5.91 Å². The van der Waals surface area contributed by atoms with Gasteiger partial charge in [0.05, 0.1) is 12.6 Å². The van der Waals surface area contributed by atoms with Crippen molar-refractivity contribution in [2.45, 2.75) is 31.3 Å². The molecular formula is C14H16FNO4. The maximum absolute atomic E-state index is 12.9. The van der Waals surface area contributed by atoms with E-state index in [9.17, 15) is 24.2 Å². The molecule has 1 aromatic rings. The van der Waals surface area contributed by atoms with Crippen molar-refractivity contribution in [3.05, 3.63) is 35.6 Å². The van der Waals surface area contributed by atoms with Crippen molar-refractivity contribution in [3.63, 3.8) is 0 Å². The highest BCUT2D eigenvalue weighted by atomic mass is 19.1. The van der Waals surface area contributed by atoms with Gasteiger partial charge in [-0.1, -0.05) is 12.1 Å². The van der Waals surface area contributed by atoms with Gasteiger partial charge in [0.1, 0.15) is 11.9 Å². The summed E-state index contributed by atoms with van der Waals surface area (Å²) in [6, 6.07) is 3.65. The summed E-state index contributed by atoms with van der Waals surface area (Å²) >= 11 is 0. The van der Waals surface area contributed by atoms with Gasteiger partial charge in [-0.15, -0.1) is 0 Å². The Bertz CT molecular complexity index is 502. The first-order chi connectivity index (χ1) is 9.54. The Morgan fingerprint density at radius 3 is 2.60 bits per heavy atom. The van der Waals surface area contributed by atoms with Crippen molar-refractivity contribution >= 4 is 11.9 Å². The molecule has 0 saturated carbocycles. The van der Waals surface area contributed by atoms with E-state index in [1.807, 2.05) is 0 Å². The van der Waals surface area contributed by atoms with Gasteiger partial charge in [0, 0.05) is 6.42 Å². The minimum Gasteiger partial charge on any atom is -0.480 e. The molecule has 6 heteroatoms. The molecule has 0 aromatic heterocycles. The second-order valence-corrected chi connectivity index (χ2v) is 4.80. The van der Waals surface area contributed by atoms with Crippen LogP contribution in [0.2, 0.25) is 0 Å². The number of nitrogens with zero attached hydrogens (tertiary/aromatic N) is 1. The largest absolute Gasteiger partial charge is 0.480 e. The number of carbonyl (C=O) groups excluding carboxylic acids is 1. The quantitative estimate of drug-likeness (QED) is 0.872. The van der Waals surface area contributed by atoms with Gasteiger partial charge in [-0.3, -0.25) is 4.79 Å². The third-order valence-corrected chi connectivity index (χ3v) is 3.54. The number of hydrogen-bond acceptors (Lipinski definition) is 3. The molecule has 108 valence electrons. The molecule has 1 aromatic carbocycles. The van der Waals surface area contributed by atoms with Crippen LogP contribution in [0.4, 0.5) is 4.39 Å². The van der Waals surface area contributed by atoms with Crippen LogP contribution in [0.25, 0.3) is 0 Å². The van der Waals surface area contributed by atoms with Gasteiger partial charge < -0.3 is 15.1 Å². The Hall–Kier alpha value is -1.95. The first-order valence-corrected chi connectivity index (χ1v) is 6.45. The highest BCUT2D eigenvalue weighted by Crippen LogP contribution is 2.29. The average molecular weight is 281 g/mol. The number of aliphatic carboxylic acids is 1. The first kappa shape index (κ1) is 14.5. The Morgan fingerprint density at radius 2 is 2.05 bits per heavy atom. The normalized spacial score (nSPS) is 20.8. The highest BCUT2D eigenvalue weighted by molar-refractivity contribution is 5.85. The number of carboxylic acids is 1. The molecule has 1 aliphatic heterocycles. The summed E-state index contributed by atoms with van der Waals surface area (Å²) in [5, 5.41) is 18.8. The summed E-state index contributed by atoms with van der Waals surface area (Å²) in [5.41, 5.74) is 0.524. The van der Waals surface area contributed by atoms with Crippen molar-refractivity contribution in [2.75, 3.05) is 6.61 Å². The molecule has 1 aliphatic rings. The standard InChI is InChI=1S/C14H16FNO4/c15-10-6-4-9(5-7-10)12(8-17)16-11(14(19)20)2-1-3-13(16)18/h4-7,11-12,17H,1-3,8H2,(H,19,20)/t11?,12-/m0/s1. The number of benzene rings is 1. The van der Waals surface area contributed by atoms with E-state index in [4.69, 9.17) is 0 Å². The van der Waals surface area contributed by atoms with Crippen LogP contribution >= 0.6 is 0 Å². The van der Waals surface area contributed by atoms with Crippen LogP contribution in [0.15, 0.2) is 24.3 Å². The van der Waals surface area contributed by atoms with E-state index in [-0.39, 0.29) is 12.3 Å². The van der Waals surface area contributed by atoms with Crippen molar-refractivity contribution in [3.8, 4) is 0 Å². The lowest BCUT2D eigenvalue weighted by Gasteiger charge is -2.38. The average Bonchev–Trinajstić information content (AvgIpc) is 2.43. The maximum Gasteiger partial charge on any atom is 0.326 e. The molecule has 2 atom stereocenters. The van der Waals surface area contributed by atoms with E-state index in [1.54, 1.807) is 0 Å². The second-order valence-electron chi connectivity index (χ2n) is 4.80.